The van der Waals surface area contributed by atoms with Gasteiger partial charge in [-0.15, -0.1) is 0 Å². The van der Waals surface area contributed by atoms with Crippen LogP contribution < -0.4 is 0 Å². The van der Waals surface area contributed by atoms with Crippen LogP contribution in [-0.4, -0.2) is 36.4 Å². The molecule has 158 valence electrons. The Morgan fingerprint density at radius 3 is 2.52 bits per heavy atom. The van der Waals surface area contributed by atoms with Crippen LogP contribution in [0.4, 0.5) is 13.2 Å². The van der Waals surface area contributed by atoms with E-state index in [4.69, 9.17) is 4.74 Å². The zero-order valence-electron chi connectivity index (χ0n) is 15.5. The molecule has 3 atom stereocenters. The van der Waals surface area contributed by atoms with Crippen molar-refractivity contribution in [3.8, 4) is 0 Å². The second-order valence-electron chi connectivity index (χ2n) is 7.19. The van der Waals surface area contributed by atoms with Crippen molar-refractivity contribution in [2.75, 3.05) is 6.61 Å². The highest BCUT2D eigenvalue weighted by Gasteiger charge is 2.62. The number of carbonyl (C=O) groups is 2. The lowest BCUT2D eigenvalue weighted by Crippen LogP contribution is -2.52. The molecule has 1 fully saturated rings. The smallest absolute Gasteiger partial charge is 0.416 e. The molecule has 1 aromatic rings. The number of halogens is 3. The Balaban J connectivity index is 2.29. The predicted octanol–water partition coefficient (Wildman–Crippen LogP) is 2.94. The van der Waals surface area contributed by atoms with Crippen LogP contribution >= 0.6 is 0 Å². The van der Waals surface area contributed by atoms with E-state index in [0.717, 1.165) is 10.4 Å². The average molecular weight is 433 g/mol. The number of piperidine rings is 1. The van der Waals surface area contributed by atoms with E-state index in [1.54, 1.807) is 0 Å². The number of alkyl halides is 3. The molecule has 0 bridgehead atoms. The van der Waals surface area contributed by atoms with E-state index >= 15 is 0 Å². The minimum Gasteiger partial charge on any atom is -0.481 e. The zero-order chi connectivity index (χ0) is 21.9. The minimum atomic E-state index is -4.76. The standard InChI is InChI=1S/C18H18F3NO6S/c1-4-28-16(25)17(3)8-9(2)22-14(13(17)15(23)24)11-7-10(18(19,20)21)5-6-12(11)29(22,26)27/h5-7,13-14H,2,4,8H2,1,3H3,(H,23,24). The summed E-state index contributed by atoms with van der Waals surface area (Å²) in [4.78, 5) is 24.3. The highest BCUT2D eigenvalue weighted by atomic mass is 32.2. The van der Waals surface area contributed by atoms with Gasteiger partial charge in [-0.1, -0.05) is 6.58 Å². The van der Waals surface area contributed by atoms with Crippen LogP contribution in [0.3, 0.4) is 0 Å². The van der Waals surface area contributed by atoms with Gasteiger partial charge < -0.3 is 9.84 Å². The molecule has 3 unspecified atom stereocenters. The summed E-state index contributed by atoms with van der Waals surface area (Å²) < 4.78 is 71.2. The first kappa shape index (κ1) is 21.2. The van der Waals surface area contributed by atoms with Crippen molar-refractivity contribution in [2.45, 2.75) is 37.4 Å². The second kappa shape index (κ2) is 6.48. The number of ether oxygens (including phenoxy) is 1. The number of fused-ring (bicyclic) bond motifs is 3. The topological polar surface area (TPSA) is 101 Å². The van der Waals surface area contributed by atoms with Gasteiger partial charge in [-0.25, -0.2) is 8.42 Å². The first-order chi connectivity index (χ1) is 13.3. The number of hydrogen-bond donors (Lipinski definition) is 1. The van der Waals surface area contributed by atoms with Gasteiger partial charge in [-0.05, 0) is 37.6 Å². The highest BCUT2D eigenvalue weighted by molar-refractivity contribution is 7.89. The Kier molecular flexibility index (Phi) is 4.72. The number of aliphatic carboxylic acids is 1. The van der Waals surface area contributed by atoms with E-state index in [0.29, 0.717) is 12.1 Å². The largest absolute Gasteiger partial charge is 0.481 e. The van der Waals surface area contributed by atoms with Crippen LogP contribution in [0.2, 0.25) is 0 Å². The van der Waals surface area contributed by atoms with Crippen molar-refractivity contribution < 1.29 is 41.0 Å². The third kappa shape index (κ3) is 2.98. The van der Waals surface area contributed by atoms with Gasteiger partial charge >= 0.3 is 18.1 Å². The number of allylic oxidation sites excluding steroid dienone is 1. The summed E-state index contributed by atoms with van der Waals surface area (Å²) in [7, 11) is -4.32. The van der Waals surface area contributed by atoms with Crippen LogP contribution in [0.1, 0.15) is 37.4 Å². The third-order valence-electron chi connectivity index (χ3n) is 5.34. The zero-order valence-corrected chi connectivity index (χ0v) is 16.3. The summed E-state index contributed by atoms with van der Waals surface area (Å²) in [6.07, 6.45) is -5.10. The molecule has 2 aliphatic heterocycles. The average Bonchev–Trinajstić information content (AvgIpc) is 2.81. The lowest BCUT2D eigenvalue weighted by atomic mass is 9.66. The number of benzene rings is 1. The Morgan fingerprint density at radius 2 is 2.00 bits per heavy atom. The summed E-state index contributed by atoms with van der Waals surface area (Å²) in [5, 5.41) is 9.87. The minimum absolute atomic E-state index is 0.0469. The van der Waals surface area contributed by atoms with Gasteiger partial charge in [0.15, 0.2) is 0 Å². The van der Waals surface area contributed by atoms with Gasteiger partial charge in [-0.2, -0.15) is 13.2 Å². The maximum absolute atomic E-state index is 13.2. The van der Waals surface area contributed by atoms with E-state index in [1.165, 1.54) is 13.8 Å². The summed E-state index contributed by atoms with van der Waals surface area (Å²) in [6.45, 7) is 6.43. The molecule has 0 saturated carbocycles. The first-order valence-corrected chi connectivity index (χ1v) is 10.0. The van der Waals surface area contributed by atoms with Gasteiger partial charge in [-0.3, -0.25) is 13.9 Å². The van der Waals surface area contributed by atoms with Crippen LogP contribution in [0.15, 0.2) is 35.4 Å². The van der Waals surface area contributed by atoms with Crippen LogP contribution in [0.5, 0.6) is 0 Å². The molecule has 1 saturated heterocycles. The summed E-state index contributed by atoms with van der Waals surface area (Å²) in [5.74, 6) is -4.08. The molecule has 3 rings (SSSR count). The van der Waals surface area contributed by atoms with E-state index < -0.39 is 56.0 Å². The molecule has 0 aromatic heterocycles. The third-order valence-corrected chi connectivity index (χ3v) is 7.27. The second-order valence-corrected chi connectivity index (χ2v) is 8.98. The van der Waals surface area contributed by atoms with E-state index in [-0.39, 0.29) is 24.3 Å². The number of esters is 1. The fraction of sp³-hybridized carbons (Fsp3) is 0.444. The number of nitrogens with zero attached hydrogens (tertiary/aromatic N) is 1. The van der Waals surface area contributed by atoms with Crippen LogP contribution in [-0.2, 0) is 30.5 Å². The molecule has 1 N–H and O–H groups in total. The van der Waals surface area contributed by atoms with Crippen molar-refractivity contribution >= 4 is 22.0 Å². The monoisotopic (exact) mass is 433 g/mol. The molecule has 0 spiro atoms. The Morgan fingerprint density at radius 1 is 1.38 bits per heavy atom. The normalized spacial score (nSPS) is 27.9. The first-order valence-electron chi connectivity index (χ1n) is 8.60. The molecule has 2 aliphatic rings. The number of carboxylic acids is 1. The molecule has 0 amide bonds. The number of sulfonamides is 1. The molecule has 11 heteroatoms. The van der Waals surface area contributed by atoms with Crippen LogP contribution in [0.25, 0.3) is 0 Å². The lowest BCUT2D eigenvalue weighted by Gasteiger charge is -2.45. The Hall–Kier alpha value is -2.56. The van der Waals surface area contributed by atoms with E-state index in [1.807, 2.05) is 0 Å². The van der Waals surface area contributed by atoms with Crippen molar-refractivity contribution in [3.05, 3.63) is 41.6 Å². The van der Waals surface area contributed by atoms with Crippen molar-refractivity contribution in [1.82, 2.24) is 4.31 Å². The maximum Gasteiger partial charge on any atom is 0.416 e. The maximum atomic E-state index is 13.2. The van der Waals surface area contributed by atoms with Gasteiger partial charge in [0.05, 0.1) is 34.4 Å². The molecule has 1 aromatic carbocycles. The fourth-order valence-electron chi connectivity index (χ4n) is 4.12. The van der Waals surface area contributed by atoms with Crippen molar-refractivity contribution in [3.63, 3.8) is 0 Å². The molecule has 29 heavy (non-hydrogen) atoms. The van der Waals surface area contributed by atoms with Crippen molar-refractivity contribution in [2.24, 2.45) is 11.3 Å². The SMILES string of the molecule is C=C1CC(C)(C(=O)OCC)C(C(=O)O)C2c3cc(C(F)(F)F)ccc3S(=O)(=O)N12. The molecular weight excluding hydrogens is 415 g/mol. The van der Waals surface area contributed by atoms with Gasteiger partial charge in [0, 0.05) is 12.1 Å². The number of carbonyl (C=O) groups excluding carboxylic acids is 1. The Bertz CT molecular complexity index is 1020. The van der Waals surface area contributed by atoms with Crippen LogP contribution in [0, 0.1) is 11.3 Å². The predicted molar refractivity (Wildman–Crippen MR) is 92.8 cm³/mol. The van der Waals surface area contributed by atoms with Gasteiger partial charge in [0.2, 0.25) is 0 Å². The number of hydrogen-bond acceptors (Lipinski definition) is 5. The number of rotatable bonds is 3. The quantitative estimate of drug-likeness (QED) is 0.736. The summed E-state index contributed by atoms with van der Waals surface area (Å²) in [6, 6.07) is 0.500. The molecular formula is C18H18F3NO6S. The lowest BCUT2D eigenvalue weighted by molar-refractivity contribution is -0.171. The molecule has 0 aliphatic carbocycles. The van der Waals surface area contributed by atoms with Gasteiger partial charge in [0.25, 0.3) is 10.0 Å². The summed E-state index contributed by atoms with van der Waals surface area (Å²) >= 11 is 0. The molecule has 7 nitrogen and oxygen atoms in total. The highest BCUT2D eigenvalue weighted by Crippen LogP contribution is 2.57. The fourth-order valence-corrected chi connectivity index (χ4v) is 5.99. The molecule has 2 heterocycles. The van der Waals surface area contributed by atoms with Crippen molar-refractivity contribution in [1.29, 1.82) is 0 Å². The number of carboxylic acid groups (broad SMARTS) is 1. The Labute approximate surface area is 164 Å². The molecule has 0 radical (unpaired) electrons. The van der Waals surface area contributed by atoms with E-state index in [9.17, 15) is 36.3 Å². The summed E-state index contributed by atoms with van der Waals surface area (Å²) in [5.41, 5.74) is -3.26. The van der Waals surface area contributed by atoms with Gasteiger partial charge in [0.1, 0.15) is 0 Å². The van der Waals surface area contributed by atoms with E-state index in [2.05, 4.69) is 6.58 Å².